The Bertz CT molecular complexity index is 222. The largest absolute Gasteiger partial charge is 0.481 e. The summed E-state index contributed by atoms with van der Waals surface area (Å²) in [6.45, 7) is -0.489. The summed E-state index contributed by atoms with van der Waals surface area (Å²) in [7, 11) is 0. The lowest BCUT2D eigenvalue weighted by Crippen LogP contribution is -2.34. The zero-order valence-corrected chi connectivity index (χ0v) is 8.36. The minimum absolute atomic E-state index is 0.114. The highest BCUT2D eigenvalue weighted by atomic mass is 19.1. The van der Waals surface area contributed by atoms with Crippen LogP contribution in [0.15, 0.2) is 0 Å². The molecule has 0 aliphatic heterocycles. The molecule has 0 amide bonds. The standard InChI is InChI=1S/C9H16FNO4/c10-4-2-1-3-6(8(12)13)5-7(11)9(14)15/h6-7H,1-5,11H2,(H,12,13)(H,14,15). The summed E-state index contributed by atoms with van der Waals surface area (Å²) in [5.74, 6) is -3.10. The van der Waals surface area contributed by atoms with Crippen LogP contribution in [0.5, 0.6) is 0 Å². The molecule has 0 aromatic carbocycles. The van der Waals surface area contributed by atoms with Gasteiger partial charge in [-0.15, -0.1) is 0 Å². The van der Waals surface area contributed by atoms with Gasteiger partial charge in [-0.2, -0.15) is 0 Å². The molecule has 0 aliphatic rings. The van der Waals surface area contributed by atoms with Crippen LogP contribution in [0, 0.1) is 5.92 Å². The number of carbonyl (C=O) groups is 2. The molecular formula is C9H16FNO4. The summed E-state index contributed by atoms with van der Waals surface area (Å²) < 4.78 is 11.8. The van der Waals surface area contributed by atoms with Crippen molar-refractivity contribution in [3.05, 3.63) is 0 Å². The number of alkyl halides is 1. The maximum atomic E-state index is 11.8. The average molecular weight is 221 g/mol. The molecule has 0 spiro atoms. The van der Waals surface area contributed by atoms with Gasteiger partial charge in [-0.1, -0.05) is 0 Å². The number of rotatable bonds is 8. The highest BCUT2D eigenvalue weighted by Gasteiger charge is 2.23. The Morgan fingerprint density at radius 3 is 2.20 bits per heavy atom. The number of nitrogens with two attached hydrogens (primary N) is 1. The van der Waals surface area contributed by atoms with Gasteiger partial charge in [0.15, 0.2) is 0 Å². The fraction of sp³-hybridized carbons (Fsp3) is 0.778. The van der Waals surface area contributed by atoms with Gasteiger partial charge in [-0.05, 0) is 25.7 Å². The van der Waals surface area contributed by atoms with Gasteiger partial charge in [0.1, 0.15) is 6.04 Å². The third kappa shape index (κ3) is 6.01. The Kier molecular flexibility index (Phi) is 6.61. The van der Waals surface area contributed by atoms with Crippen molar-refractivity contribution in [2.75, 3.05) is 6.67 Å². The van der Waals surface area contributed by atoms with E-state index in [2.05, 4.69) is 0 Å². The highest BCUT2D eigenvalue weighted by Crippen LogP contribution is 2.15. The zero-order valence-electron chi connectivity index (χ0n) is 8.36. The molecule has 0 saturated carbocycles. The van der Waals surface area contributed by atoms with Crippen LogP contribution >= 0.6 is 0 Å². The summed E-state index contributed by atoms with van der Waals surface area (Å²) in [6, 6.07) is -1.17. The predicted octanol–water partition coefficient (Wildman–Crippen LogP) is 0.629. The van der Waals surface area contributed by atoms with Crippen LogP contribution in [0.4, 0.5) is 4.39 Å². The minimum atomic E-state index is -1.22. The van der Waals surface area contributed by atoms with E-state index in [9.17, 15) is 14.0 Å². The van der Waals surface area contributed by atoms with Crippen LogP contribution in [0.1, 0.15) is 25.7 Å². The molecule has 0 aromatic rings. The van der Waals surface area contributed by atoms with Crippen LogP contribution < -0.4 is 5.73 Å². The maximum absolute atomic E-state index is 11.8. The van der Waals surface area contributed by atoms with E-state index >= 15 is 0 Å². The smallest absolute Gasteiger partial charge is 0.320 e. The number of hydrogen-bond donors (Lipinski definition) is 3. The van der Waals surface area contributed by atoms with E-state index in [1.54, 1.807) is 0 Å². The minimum Gasteiger partial charge on any atom is -0.481 e. The first-order valence-corrected chi connectivity index (χ1v) is 4.76. The lowest BCUT2D eigenvalue weighted by molar-refractivity contribution is -0.143. The molecule has 5 nitrogen and oxygen atoms in total. The Balaban J connectivity index is 4.04. The SMILES string of the molecule is NC(CC(CCCCF)C(=O)O)C(=O)O. The zero-order chi connectivity index (χ0) is 11.8. The number of hydrogen-bond acceptors (Lipinski definition) is 3. The molecule has 15 heavy (non-hydrogen) atoms. The molecular weight excluding hydrogens is 205 g/mol. The summed E-state index contributed by atoms with van der Waals surface area (Å²) in [5.41, 5.74) is 5.22. The third-order valence-corrected chi connectivity index (χ3v) is 2.14. The van der Waals surface area contributed by atoms with Crippen molar-refractivity contribution in [2.45, 2.75) is 31.7 Å². The van der Waals surface area contributed by atoms with Crippen LogP contribution in [0.2, 0.25) is 0 Å². The van der Waals surface area contributed by atoms with Crippen molar-refractivity contribution in [3.8, 4) is 0 Å². The Morgan fingerprint density at radius 2 is 1.80 bits per heavy atom. The molecule has 0 radical (unpaired) electrons. The van der Waals surface area contributed by atoms with Crippen molar-refractivity contribution >= 4 is 11.9 Å². The van der Waals surface area contributed by atoms with Crippen LogP contribution in [0.25, 0.3) is 0 Å². The Morgan fingerprint density at radius 1 is 1.20 bits per heavy atom. The van der Waals surface area contributed by atoms with E-state index in [1.807, 2.05) is 0 Å². The molecule has 0 aromatic heterocycles. The van der Waals surface area contributed by atoms with Gasteiger partial charge < -0.3 is 15.9 Å². The molecule has 2 unspecified atom stereocenters. The Labute approximate surface area is 87.1 Å². The monoisotopic (exact) mass is 221 g/mol. The van der Waals surface area contributed by atoms with Gasteiger partial charge in [0.25, 0.3) is 0 Å². The second kappa shape index (κ2) is 7.17. The van der Waals surface area contributed by atoms with Gasteiger partial charge >= 0.3 is 11.9 Å². The second-order valence-electron chi connectivity index (χ2n) is 3.40. The second-order valence-corrected chi connectivity index (χ2v) is 3.40. The van der Waals surface area contributed by atoms with Gasteiger partial charge in [-0.25, -0.2) is 0 Å². The van der Waals surface area contributed by atoms with Crippen LogP contribution in [-0.2, 0) is 9.59 Å². The van der Waals surface area contributed by atoms with E-state index < -0.39 is 30.6 Å². The molecule has 0 fully saturated rings. The number of unbranched alkanes of at least 4 members (excludes halogenated alkanes) is 1. The molecule has 2 atom stereocenters. The van der Waals surface area contributed by atoms with E-state index in [0.29, 0.717) is 12.8 Å². The molecule has 0 rings (SSSR count). The van der Waals surface area contributed by atoms with Gasteiger partial charge in [-0.3, -0.25) is 14.0 Å². The average Bonchev–Trinajstić information content (AvgIpc) is 2.15. The third-order valence-electron chi connectivity index (χ3n) is 2.14. The van der Waals surface area contributed by atoms with Crippen LogP contribution in [-0.4, -0.2) is 34.9 Å². The molecule has 4 N–H and O–H groups in total. The first-order chi connectivity index (χ1) is 6.99. The van der Waals surface area contributed by atoms with Crippen molar-refractivity contribution in [1.29, 1.82) is 0 Å². The number of carboxylic acid groups (broad SMARTS) is 2. The molecule has 0 aliphatic carbocycles. The van der Waals surface area contributed by atoms with E-state index in [4.69, 9.17) is 15.9 Å². The fourth-order valence-electron chi connectivity index (χ4n) is 1.23. The quantitative estimate of drug-likeness (QED) is 0.522. The summed E-state index contributed by atoms with van der Waals surface area (Å²) in [4.78, 5) is 21.1. The van der Waals surface area contributed by atoms with Crippen molar-refractivity contribution in [2.24, 2.45) is 11.7 Å². The summed E-state index contributed by atoms with van der Waals surface area (Å²) in [5, 5.41) is 17.3. The molecule has 0 bridgehead atoms. The van der Waals surface area contributed by atoms with Gasteiger partial charge in [0, 0.05) is 0 Å². The molecule has 88 valence electrons. The number of halogens is 1. The highest BCUT2D eigenvalue weighted by molar-refractivity contribution is 5.75. The topological polar surface area (TPSA) is 101 Å². The van der Waals surface area contributed by atoms with Gasteiger partial charge in [0.2, 0.25) is 0 Å². The summed E-state index contributed by atoms with van der Waals surface area (Å²) >= 11 is 0. The Hall–Kier alpha value is -1.17. The summed E-state index contributed by atoms with van der Waals surface area (Å²) in [6.07, 6.45) is 0.878. The fourth-order valence-corrected chi connectivity index (χ4v) is 1.23. The van der Waals surface area contributed by atoms with Crippen molar-refractivity contribution in [1.82, 2.24) is 0 Å². The molecule has 0 saturated heterocycles. The van der Waals surface area contributed by atoms with E-state index in [-0.39, 0.29) is 12.8 Å². The van der Waals surface area contributed by atoms with E-state index in [0.717, 1.165) is 0 Å². The van der Waals surface area contributed by atoms with Crippen molar-refractivity contribution < 1.29 is 24.2 Å². The molecule has 6 heteroatoms. The first-order valence-electron chi connectivity index (χ1n) is 4.76. The van der Waals surface area contributed by atoms with E-state index in [1.165, 1.54) is 0 Å². The predicted molar refractivity (Wildman–Crippen MR) is 51.2 cm³/mol. The first kappa shape index (κ1) is 13.8. The molecule has 0 heterocycles. The lowest BCUT2D eigenvalue weighted by Gasteiger charge is -2.14. The van der Waals surface area contributed by atoms with Crippen LogP contribution in [0.3, 0.4) is 0 Å². The number of carboxylic acids is 2. The lowest BCUT2D eigenvalue weighted by atomic mass is 9.95. The normalized spacial score (nSPS) is 14.5. The number of aliphatic carboxylic acids is 2. The van der Waals surface area contributed by atoms with Crippen molar-refractivity contribution in [3.63, 3.8) is 0 Å². The van der Waals surface area contributed by atoms with Gasteiger partial charge in [0.05, 0.1) is 12.6 Å². The maximum Gasteiger partial charge on any atom is 0.320 e.